The third-order valence-electron chi connectivity index (χ3n) is 2.80. The molecule has 2 rings (SSSR count). The molecule has 2 aromatic heterocycles. The molecule has 0 aliphatic rings. The van der Waals surface area contributed by atoms with Crippen LogP contribution in [0.15, 0.2) is 29.8 Å². The van der Waals surface area contributed by atoms with Crippen LogP contribution in [0.4, 0.5) is 5.69 Å². The molecule has 2 aromatic rings. The van der Waals surface area contributed by atoms with Crippen molar-refractivity contribution in [1.29, 1.82) is 0 Å². The van der Waals surface area contributed by atoms with Crippen LogP contribution in [0.2, 0.25) is 5.15 Å². The van der Waals surface area contributed by atoms with Crippen molar-refractivity contribution in [1.82, 2.24) is 4.98 Å². The number of halogens is 1. The summed E-state index contributed by atoms with van der Waals surface area (Å²) in [4.78, 5) is 5.50. The lowest BCUT2D eigenvalue weighted by Crippen LogP contribution is -2.16. The molecule has 2 heterocycles. The standard InChI is InChI=1S/C14H17ClN2S/c1-9(2)13(12-5-4-6-18-12)17-11-7-10(3)8-16-14(11)15/h4-9,13,17H,1-3H3. The minimum Gasteiger partial charge on any atom is -0.375 e. The smallest absolute Gasteiger partial charge is 0.152 e. The number of anilines is 1. The van der Waals surface area contributed by atoms with Gasteiger partial charge in [0.05, 0.1) is 11.7 Å². The molecule has 0 aliphatic carbocycles. The zero-order valence-corrected chi connectivity index (χ0v) is 12.3. The maximum Gasteiger partial charge on any atom is 0.152 e. The summed E-state index contributed by atoms with van der Waals surface area (Å²) < 4.78 is 0. The molecular weight excluding hydrogens is 264 g/mol. The first-order valence-electron chi connectivity index (χ1n) is 6.00. The van der Waals surface area contributed by atoms with Gasteiger partial charge in [-0.3, -0.25) is 0 Å². The molecule has 1 atom stereocenters. The first-order valence-corrected chi connectivity index (χ1v) is 7.25. The van der Waals surface area contributed by atoms with Gasteiger partial charge in [-0.25, -0.2) is 4.98 Å². The predicted octanol–water partition coefficient (Wildman–Crippen LogP) is 4.91. The number of thiophene rings is 1. The average molecular weight is 281 g/mol. The molecule has 4 heteroatoms. The van der Waals surface area contributed by atoms with Crippen LogP contribution < -0.4 is 5.32 Å². The van der Waals surface area contributed by atoms with Gasteiger partial charge in [-0.1, -0.05) is 31.5 Å². The van der Waals surface area contributed by atoms with E-state index < -0.39 is 0 Å². The van der Waals surface area contributed by atoms with Crippen molar-refractivity contribution in [2.45, 2.75) is 26.8 Å². The van der Waals surface area contributed by atoms with Crippen LogP contribution in [0.5, 0.6) is 0 Å². The number of pyridine rings is 1. The number of hydrogen-bond donors (Lipinski definition) is 1. The molecular formula is C14H17ClN2S. The Hall–Kier alpha value is -1.06. The molecule has 96 valence electrons. The van der Waals surface area contributed by atoms with Gasteiger partial charge in [-0.15, -0.1) is 11.3 Å². The van der Waals surface area contributed by atoms with E-state index >= 15 is 0 Å². The fourth-order valence-corrected chi connectivity index (χ4v) is 2.96. The largest absolute Gasteiger partial charge is 0.375 e. The second kappa shape index (κ2) is 5.72. The Kier molecular flexibility index (Phi) is 4.25. The normalized spacial score (nSPS) is 12.7. The van der Waals surface area contributed by atoms with Gasteiger partial charge < -0.3 is 5.32 Å². The lowest BCUT2D eigenvalue weighted by atomic mass is 10.0. The van der Waals surface area contributed by atoms with Gasteiger partial charge in [-0.05, 0) is 35.9 Å². The maximum atomic E-state index is 6.14. The molecule has 0 aliphatic heterocycles. The van der Waals surface area contributed by atoms with Gasteiger partial charge in [0.2, 0.25) is 0 Å². The van der Waals surface area contributed by atoms with E-state index in [1.165, 1.54) is 4.88 Å². The molecule has 0 spiro atoms. The van der Waals surface area contributed by atoms with E-state index in [0.717, 1.165) is 11.3 Å². The Bertz CT molecular complexity index is 509. The molecule has 2 nitrogen and oxygen atoms in total. The fourth-order valence-electron chi connectivity index (χ4n) is 1.86. The van der Waals surface area contributed by atoms with Crippen molar-refractivity contribution in [2.24, 2.45) is 5.92 Å². The first kappa shape index (κ1) is 13.4. The highest BCUT2D eigenvalue weighted by molar-refractivity contribution is 7.10. The van der Waals surface area contributed by atoms with Crippen LogP contribution in [0.3, 0.4) is 0 Å². The summed E-state index contributed by atoms with van der Waals surface area (Å²) in [6.07, 6.45) is 1.78. The van der Waals surface area contributed by atoms with Gasteiger partial charge >= 0.3 is 0 Å². The number of aromatic nitrogens is 1. The van der Waals surface area contributed by atoms with Crippen LogP contribution in [0.1, 0.15) is 30.3 Å². The van der Waals surface area contributed by atoms with E-state index in [-0.39, 0.29) is 6.04 Å². The van der Waals surface area contributed by atoms with Crippen molar-refractivity contribution in [3.05, 3.63) is 45.4 Å². The molecule has 18 heavy (non-hydrogen) atoms. The van der Waals surface area contributed by atoms with Crippen LogP contribution >= 0.6 is 22.9 Å². The van der Waals surface area contributed by atoms with Gasteiger partial charge in [-0.2, -0.15) is 0 Å². The topological polar surface area (TPSA) is 24.9 Å². The molecule has 0 bridgehead atoms. The average Bonchev–Trinajstić information content (AvgIpc) is 2.83. The number of hydrogen-bond acceptors (Lipinski definition) is 3. The van der Waals surface area contributed by atoms with Crippen LogP contribution in [0.25, 0.3) is 0 Å². The fraction of sp³-hybridized carbons (Fsp3) is 0.357. The minimum atomic E-state index is 0.270. The molecule has 1 unspecified atom stereocenters. The van der Waals surface area contributed by atoms with Crippen LogP contribution in [0, 0.1) is 12.8 Å². The summed E-state index contributed by atoms with van der Waals surface area (Å²) >= 11 is 7.90. The van der Waals surface area contributed by atoms with E-state index in [4.69, 9.17) is 11.6 Å². The van der Waals surface area contributed by atoms with E-state index in [1.54, 1.807) is 17.5 Å². The summed E-state index contributed by atoms with van der Waals surface area (Å²) in [6, 6.07) is 6.54. The Labute approximate surface area is 117 Å². The van der Waals surface area contributed by atoms with Crippen molar-refractivity contribution < 1.29 is 0 Å². The van der Waals surface area contributed by atoms with Gasteiger partial charge in [0, 0.05) is 11.1 Å². The Morgan fingerprint density at radius 2 is 2.17 bits per heavy atom. The zero-order valence-electron chi connectivity index (χ0n) is 10.8. The summed E-state index contributed by atoms with van der Waals surface area (Å²) in [5.41, 5.74) is 2.01. The quantitative estimate of drug-likeness (QED) is 0.805. The highest BCUT2D eigenvalue weighted by Crippen LogP contribution is 2.32. The van der Waals surface area contributed by atoms with E-state index in [0.29, 0.717) is 11.1 Å². The Morgan fingerprint density at radius 1 is 1.39 bits per heavy atom. The molecule has 0 amide bonds. The van der Waals surface area contributed by atoms with Crippen molar-refractivity contribution >= 4 is 28.6 Å². The minimum absolute atomic E-state index is 0.270. The van der Waals surface area contributed by atoms with Gasteiger partial charge in [0.15, 0.2) is 5.15 Å². The number of rotatable bonds is 4. The predicted molar refractivity (Wildman–Crippen MR) is 79.5 cm³/mol. The summed E-state index contributed by atoms with van der Waals surface area (Å²) in [5, 5.41) is 6.14. The SMILES string of the molecule is Cc1cnc(Cl)c(NC(c2cccs2)C(C)C)c1. The summed E-state index contributed by atoms with van der Waals surface area (Å²) in [6.45, 7) is 6.42. The van der Waals surface area contributed by atoms with Gasteiger partial charge in [0.1, 0.15) is 0 Å². The zero-order chi connectivity index (χ0) is 13.1. The van der Waals surface area contributed by atoms with Crippen LogP contribution in [-0.4, -0.2) is 4.98 Å². The number of nitrogens with zero attached hydrogens (tertiary/aromatic N) is 1. The first-order chi connectivity index (χ1) is 8.58. The molecule has 0 aromatic carbocycles. The van der Waals surface area contributed by atoms with Crippen molar-refractivity contribution in [2.75, 3.05) is 5.32 Å². The van der Waals surface area contributed by atoms with Crippen molar-refractivity contribution in [3.8, 4) is 0 Å². The summed E-state index contributed by atoms with van der Waals surface area (Å²) in [5.74, 6) is 0.486. The number of nitrogens with one attached hydrogen (secondary N) is 1. The molecule has 0 radical (unpaired) electrons. The van der Waals surface area contributed by atoms with Gasteiger partial charge in [0.25, 0.3) is 0 Å². The van der Waals surface area contributed by atoms with E-state index in [2.05, 4.69) is 41.7 Å². The summed E-state index contributed by atoms with van der Waals surface area (Å²) in [7, 11) is 0. The third-order valence-corrected chi connectivity index (χ3v) is 4.06. The molecule has 0 saturated carbocycles. The Morgan fingerprint density at radius 3 is 2.78 bits per heavy atom. The van der Waals surface area contributed by atoms with E-state index in [1.807, 2.05) is 13.0 Å². The van der Waals surface area contributed by atoms with Crippen molar-refractivity contribution in [3.63, 3.8) is 0 Å². The Balaban J connectivity index is 2.27. The number of aryl methyl sites for hydroxylation is 1. The molecule has 0 saturated heterocycles. The third kappa shape index (κ3) is 3.03. The second-order valence-corrected chi connectivity index (χ2v) is 6.07. The van der Waals surface area contributed by atoms with E-state index in [9.17, 15) is 0 Å². The van der Waals surface area contributed by atoms with Crippen LogP contribution in [-0.2, 0) is 0 Å². The highest BCUT2D eigenvalue weighted by Gasteiger charge is 2.18. The molecule has 1 N–H and O–H groups in total. The monoisotopic (exact) mass is 280 g/mol. The second-order valence-electron chi connectivity index (χ2n) is 4.73. The maximum absolute atomic E-state index is 6.14. The highest BCUT2D eigenvalue weighted by atomic mass is 35.5. The lowest BCUT2D eigenvalue weighted by Gasteiger charge is -2.23. The lowest BCUT2D eigenvalue weighted by molar-refractivity contribution is 0.553. The molecule has 0 fully saturated rings.